The van der Waals surface area contributed by atoms with Gasteiger partial charge in [-0.2, -0.15) is 0 Å². The number of carbonyl (C=O) groups is 2. The van der Waals surface area contributed by atoms with Crippen molar-refractivity contribution in [3.63, 3.8) is 0 Å². The summed E-state index contributed by atoms with van der Waals surface area (Å²) in [6, 6.07) is 9.84. The molecule has 2 amide bonds. The van der Waals surface area contributed by atoms with Crippen molar-refractivity contribution >= 4 is 40.7 Å². The third-order valence-electron chi connectivity index (χ3n) is 3.35. The second kappa shape index (κ2) is 8.04. The van der Waals surface area contributed by atoms with Gasteiger partial charge in [-0.1, -0.05) is 29.3 Å². The van der Waals surface area contributed by atoms with Crippen molar-refractivity contribution in [3.05, 3.63) is 57.6 Å². The maximum atomic E-state index is 12.0. The second-order valence-electron chi connectivity index (χ2n) is 5.06. The number of carbonyl (C=O) groups excluding carboxylic acids is 2. The molecule has 0 atom stereocenters. The molecule has 0 spiro atoms. The Labute approximate surface area is 149 Å². The highest BCUT2D eigenvalue weighted by Gasteiger charge is 2.11. The smallest absolute Gasteiger partial charge is 0.249 e. The monoisotopic (exact) mass is 366 g/mol. The Hall–Kier alpha value is -2.24. The van der Waals surface area contributed by atoms with E-state index in [1.807, 2.05) is 0 Å². The van der Waals surface area contributed by atoms with Crippen molar-refractivity contribution in [3.8, 4) is 5.75 Å². The van der Waals surface area contributed by atoms with E-state index in [9.17, 15) is 9.59 Å². The van der Waals surface area contributed by atoms with Gasteiger partial charge in [0.25, 0.3) is 0 Å². The maximum absolute atomic E-state index is 12.0. The highest BCUT2D eigenvalue weighted by atomic mass is 35.5. The molecule has 0 aliphatic heterocycles. The van der Waals surface area contributed by atoms with Crippen LogP contribution in [0.5, 0.6) is 5.75 Å². The van der Waals surface area contributed by atoms with E-state index in [1.54, 1.807) is 43.3 Å². The molecule has 0 aliphatic carbocycles. The Morgan fingerprint density at radius 2 is 1.96 bits per heavy atom. The van der Waals surface area contributed by atoms with Gasteiger partial charge < -0.3 is 15.8 Å². The Kier molecular flexibility index (Phi) is 6.06. The molecule has 2 rings (SSSR count). The van der Waals surface area contributed by atoms with E-state index in [0.717, 1.165) is 0 Å². The standard InChI is InChI=1S/C17H16Cl2N2O3/c1-10-12(17(20)23)3-2-4-14(10)21-16(22)7-8-24-15-6-5-11(18)9-13(15)19/h2-6,9H,7-8H2,1H3,(H2,20,23)(H,21,22). The van der Waals surface area contributed by atoms with Gasteiger partial charge in [0.2, 0.25) is 11.8 Å². The van der Waals surface area contributed by atoms with Crippen molar-refractivity contribution in [2.45, 2.75) is 13.3 Å². The van der Waals surface area contributed by atoms with Gasteiger partial charge in [-0.3, -0.25) is 9.59 Å². The summed E-state index contributed by atoms with van der Waals surface area (Å²) in [5.74, 6) is -0.324. The van der Waals surface area contributed by atoms with Gasteiger partial charge in [0.15, 0.2) is 0 Å². The van der Waals surface area contributed by atoms with Crippen molar-refractivity contribution in [2.24, 2.45) is 5.73 Å². The van der Waals surface area contributed by atoms with Gasteiger partial charge in [-0.05, 0) is 42.8 Å². The summed E-state index contributed by atoms with van der Waals surface area (Å²) in [7, 11) is 0. The van der Waals surface area contributed by atoms with Crippen LogP contribution in [0.2, 0.25) is 10.0 Å². The Bertz CT molecular complexity index is 778. The lowest BCUT2D eigenvalue weighted by Crippen LogP contribution is -2.18. The van der Waals surface area contributed by atoms with E-state index in [4.69, 9.17) is 33.7 Å². The molecule has 0 fully saturated rings. The first-order valence-electron chi connectivity index (χ1n) is 7.15. The zero-order chi connectivity index (χ0) is 17.7. The van der Waals surface area contributed by atoms with Crippen molar-refractivity contribution in [1.29, 1.82) is 0 Å². The maximum Gasteiger partial charge on any atom is 0.249 e. The van der Waals surface area contributed by atoms with Crippen molar-refractivity contribution < 1.29 is 14.3 Å². The molecule has 126 valence electrons. The number of nitrogens with two attached hydrogens (primary N) is 1. The van der Waals surface area contributed by atoms with E-state index in [-0.39, 0.29) is 18.9 Å². The lowest BCUT2D eigenvalue weighted by Gasteiger charge is -2.11. The Morgan fingerprint density at radius 1 is 1.21 bits per heavy atom. The summed E-state index contributed by atoms with van der Waals surface area (Å²) in [6.45, 7) is 1.88. The molecule has 0 saturated heterocycles. The van der Waals surface area contributed by atoms with E-state index < -0.39 is 5.91 Å². The van der Waals surface area contributed by atoms with Crippen LogP contribution in [0.3, 0.4) is 0 Å². The molecule has 0 unspecified atom stereocenters. The minimum absolute atomic E-state index is 0.124. The third-order valence-corrected chi connectivity index (χ3v) is 3.88. The number of hydrogen-bond donors (Lipinski definition) is 2. The minimum atomic E-state index is -0.538. The average molecular weight is 367 g/mol. The number of halogens is 2. The molecule has 2 aromatic carbocycles. The minimum Gasteiger partial charge on any atom is -0.491 e. The van der Waals surface area contributed by atoms with E-state index >= 15 is 0 Å². The molecule has 0 aliphatic rings. The fourth-order valence-electron chi connectivity index (χ4n) is 2.10. The molecule has 3 N–H and O–H groups in total. The number of benzene rings is 2. The SMILES string of the molecule is Cc1c(NC(=O)CCOc2ccc(Cl)cc2Cl)cccc1C(N)=O. The summed E-state index contributed by atoms with van der Waals surface area (Å²) < 4.78 is 5.47. The zero-order valence-electron chi connectivity index (χ0n) is 12.9. The third kappa shape index (κ3) is 4.63. The summed E-state index contributed by atoms with van der Waals surface area (Å²) >= 11 is 11.8. The van der Waals surface area contributed by atoms with Gasteiger partial charge in [-0.25, -0.2) is 0 Å². The molecule has 7 heteroatoms. The van der Waals surface area contributed by atoms with Gasteiger partial charge in [0.05, 0.1) is 18.1 Å². The first-order valence-corrected chi connectivity index (χ1v) is 7.91. The molecule has 0 heterocycles. The summed E-state index contributed by atoms with van der Waals surface area (Å²) in [4.78, 5) is 23.3. The summed E-state index contributed by atoms with van der Waals surface area (Å²) in [5, 5.41) is 3.63. The molecular formula is C17H16Cl2N2O3. The molecule has 5 nitrogen and oxygen atoms in total. The van der Waals surface area contributed by atoms with Crippen LogP contribution in [-0.4, -0.2) is 18.4 Å². The second-order valence-corrected chi connectivity index (χ2v) is 5.91. The van der Waals surface area contributed by atoms with Crippen LogP contribution in [0.25, 0.3) is 0 Å². The van der Waals surface area contributed by atoms with Gasteiger partial charge in [0.1, 0.15) is 5.75 Å². The number of anilines is 1. The van der Waals surface area contributed by atoms with Crippen LogP contribution in [0, 0.1) is 6.92 Å². The Morgan fingerprint density at radius 3 is 2.62 bits per heavy atom. The number of primary amides is 1. The number of nitrogens with one attached hydrogen (secondary N) is 1. The first kappa shape index (κ1) is 18.1. The number of amides is 2. The van der Waals surface area contributed by atoms with Crippen LogP contribution >= 0.6 is 23.2 Å². The fourth-order valence-corrected chi connectivity index (χ4v) is 2.56. The summed E-state index contributed by atoms with van der Waals surface area (Å²) in [6.07, 6.45) is 0.124. The Balaban J connectivity index is 1.92. The molecule has 0 aromatic heterocycles. The largest absolute Gasteiger partial charge is 0.491 e. The van der Waals surface area contributed by atoms with Crippen LogP contribution in [0.4, 0.5) is 5.69 Å². The van der Waals surface area contributed by atoms with Gasteiger partial charge >= 0.3 is 0 Å². The molecule has 24 heavy (non-hydrogen) atoms. The normalized spacial score (nSPS) is 10.3. The van der Waals surface area contributed by atoms with Crippen LogP contribution in [0.15, 0.2) is 36.4 Å². The van der Waals surface area contributed by atoms with E-state index in [1.165, 1.54) is 0 Å². The topological polar surface area (TPSA) is 81.4 Å². The first-order chi connectivity index (χ1) is 11.4. The number of rotatable bonds is 6. The fraction of sp³-hybridized carbons (Fsp3) is 0.176. The van der Waals surface area contributed by atoms with Crippen molar-refractivity contribution in [2.75, 3.05) is 11.9 Å². The van der Waals surface area contributed by atoms with Gasteiger partial charge in [-0.15, -0.1) is 0 Å². The lowest BCUT2D eigenvalue weighted by molar-refractivity contribution is -0.116. The lowest BCUT2D eigenvalue weighted by atomic mass is 10.1. The highest BCUT2D eigenvalue weighted by molar-refractivity contribution is 6.35. The van der Waals surface area contributed by atoms with Crippen molar-refractivity contribution in [1.82, 2.24) is 0 Å². The van der Waals surface area contributed by atoms with Crippen LogP contribution in [-0.2, 0) is 4.79 Å². The predicted molar refractivity (Wildman–Crippen MR) is 94.9 cm³/mol. The van der Waals surface area contributed by atoms with E-state index in [2.05, 4.69) is 5.32 Å². The van der Waals surface area contributed by atoms with Gasteiger partial charge in [0, 0.05) is 16.3 Å². The summed E-state index contributed by atoms with van der Waals surface area (Å²) in [5.41, 5.74) is 6.83. The number of ether oxygens (including phenoxy) is 1. The molecular weight excluding hydrogens is 351 g/mol. The molecule has 0 radical (unpaired) electrons. The highest BCUT2D eigenvalue weighted by Crippen LogP contribution is 2.27. The van der Waals surface area contributed by atoms with E-state index in [0.29, 0.717) is 32.6 Å². The molecule has 0 saturated carbocycles. The molecule has 2 aromatic rings. The molecule has 0 bridgehead atoms. The quantitative estimate of drug-likeness (QED) is 0.815. The van der Waals surface area contributed by atoms with Crippen LogP contribution < -0.4 is 15.8 Å². The van der Waals surface area contributed by atoms with Crippen LogP contribution in [0.1, 0.15) is 22.3 Å². The predicted octanol–water partition coefficient (Wildman–Crippen LogP) is 3.81. The number of hydrogen-bond acceptors (Lipinski definition) is 3. The zero-order valence-corrected chi connectivity index (χ0v) is 14.4. The average Bonchev–Trinajstić information content (AvgIpc) is 2.51.